The Kier molecular flexibility index (Phi) is 3.53. The Morgan fingerprint density at radius 1 is 1.42 bits per heavy atom. The van der Waals surface area contributed by atoms with E-state index in [2.05, 4.69) is 47.4 Å². The first-order chi connectivity index (χ1) is 5.70. The monoisotopic (exact) mass is 270 g/mol. The molecule has 0 amide bonds. The summed E-state index contributed by atoms with van der Waals surface area (Å²) in [6.07, 6.45) is 4.11. The summed E-state index contributed by atoms with van der Waals surface area (Å²) in [4.78, 5) is 0. The normalized spacial score (nSPS) is 10.5. The fourth-order valence-corrected chi connectivity index (χ4v) is 1.41. The predicted molar refractivity (Wildman–Crippen MR) is 63.0 cm³/mol. The summed E-state index contributed by atoms with van der Waals surface area (Å²) in [6, 6.07) is 8.28. The molecule has 1 rings (SSSR count). The van der Waals surface area contributed by atoms with Crippen molar-refractivity contribution in [1.29, 1.82) is 0 Å². The summed E-state index contributed by atoms with van der Waals surface area (Å²) >= 11 is 2.33. The van der Waals surface area contributed by atoms with Crippen molar-refractivity contribution in [3.8, 4) is 0 Å². The summed E-state index contributed by atoms with van der Waals surface area (Å²) in [7, 11) is 0. The summed E-state index contributed by atoms with van der Waals surface area (Å²) in [6.45, 7) is 5.80. The molecule has 1 heteroatoms. The van der Waals surface area contributed by atoms with E-state index in [-0.39, 0.29) is 0 Å². The standard InChI is InChI=1S/C11H11I/c1-9(2)7-8-10-5-3-4-6-11(10)12/h3-8H,1H2,2H3. The molecule has 0 radical (unpaired) electrons. The van der Waals surface area contributed by atoms with Crippen LogP contribution in [0.1, 0.15) is 12.5 Å². The highest BCUT2D eigenvalue weighted by atomic mass is 127. The summed E-state index contributed by atoms with van der Waals surface area (Å²) in [5.74, 6) is 0. The lowest BCUT2D eigenvalue weighted by molar-refractivity contribution is 1.55. The molecule has 0 unspecified atom stereocenters. The highest BCUT2D eigenvalue weighted by Gasteiger charge is 1.91. The number of halogens is 1. The van der Waals surface area contributed by atoms with Crippen LogP contribution in [0.25, 0.3) is 6.08 Å². The molecular weight excluding hydrogens is 259 g/mol. The molecule has 1 aromatic rings. The number of rotatable bonds is 2. The van der Waals surface area contributed by atoms with Gasteiger partial charge in [0.15, 0.2) is 0 Å². The van der Waals surface area contributed by atoms with Gasteiger partial charge in [0.25, 0.3) is 0 Å². The van der Waals surface area contributed by atoms with Gasteiger partial charge in [-0.15, -0.1) is 0 Å². The minimum atomic E-state index is 1.08. The first-order valence-corrected chi connectivity index (χ1v) is 4.86. The average molecular weight is 270 g/mol. The Morgan fingerprint density at radius 2 is 2.08 bits per heavy atom. The van der Waals surface area contributed by atoms with Gasteiger partial charge in [-0.25, -0.2) is 0 Å². The van der Waals surface area contributed by atoms with E-state index in [9.17, 15) is 0 Å². The van der Waals surface area contributed by atoms with Gasteiger partial charge < -0.3 is 0 Å². The third kappa shape index (κ3) is 2.81. The van der Waals surface area contributed by atoms with Gasteiger partial charge in [0.1, 0.15) is 0 Å². The number of benzene rings is 1. The van der Waals surface area contributed by atoms with Gasteiger partial charge >= 0.3 is 0 Å². The largest absolute Gasteiger partial charge is 0.0961 e. The highest BCUT2D eigenvalue weighted by molar-refractivity contribution is 14.1. The van der Waals surface area contributed by atoms with Crippen molar-refractivity contribution < 1.29 is 0 Å². The Labute approximate surface area is 87.1 Å². The van der Waals surface area contributed by atoms with Gasteiger partial charge in [0, 0.05) is 3.57 Å². The first kappa shape index (κ1) is 9.52. The molecule has 0 fully saturated rings. The molecular formula is C11H11I. The van der Waals surface area contributed by atoms with Crippen molar-refractivity contribution in [2.24, 2.45) is 0 Å². The Balaban J connectivity index is 2.89. The zero-order valence-electron chi connectivity index (χ0n) is 7.05. The van der Waals surface area contributed by atoms with Gasteiger partial charge in [-0.1, -0.05) is 42.5 Å². The second-order valence-corrected chi connectivity index (χ2v) is 3.86. The van der Waals surface area contributed by atoms with Gasteiger partial charge in [-0.05, 0) is 41.1 Å². The molecule has 0 atom stereocenters. The fraction of sp³-hybridized carbons (Fsp3) is 0.0909. The van der Waals surface area contributed by atoms with Crippen LogP contribution in [0.4, 0.5) is 0 Å². The van der Waals surface area contributed by atoms with E-state index in [1.165, 1.54) is 9.13 Å². The molecule has 0 aliphatic heterocycles. The van der Waals surface area contributed by atoms with Gasteiger partial charge in [-0.2, -0.15) is 0 Å². The molecule has 1 aromatic carbocycles. The third-order valence-electron chi connectivity index (χ3n) is 1.45. The summed E-state index contributed by atoms with van der Waals surface area (Å²) in [5, 5.41) is 0. The SMILES string of the molecule is C=C(C)C=Cc1ccccc1I. The molecule has 0 saturated heterocycles. The maximum Gasteiger partial charge on any atom is 0.0202 e. The van der Waals surface area contributed by atoms with Crippen LogP contribution >= 0.6 is 22.6 Å². The van der Waals surface area contributed by atoms with E-state index in [1.54, 1.807) is 0 Å². The predicted octanol–water partition coefficient (Wildman–Crippen LogP) is 3.88. The number of hydrogen-bond acceptors (Lipinski definition) is 0. The molecule has 0 saturated carbocycles. The van der Waals surface area contributed by atoms with Crippen LogP contribution in [-0.2, 0) is 0 Å². The molecule has 0 heterocycles. The topological polar surface area (TPSA) is 0 Å². The average Bonchev–Trinajstić information content (AvgIpc) is 2.03. The van der Waals surface area contributed by atoms with Crippen molar-refractivity contribution >= 4 is 28.7 Å². The lowest BCUT2D eigenvalue weighted by atomic mass is 10.2. The van der Waals surface area contributed by atoms with E-state index in [1.807, 2.05) is 25.1 Å². The van der Waals surface area contributed by atoms with Gasteiger partial charge in [0.2, 0.25) is 0 Å². The Bertz CT molecular complexity index is 311. The second kappa shape index (κ2) is 4.45. The second-order valence-electron chi connectivity index (χ2n) is 2.70. The first-order valence-electron chi connectivity index (χ1n) is 3.78. The van der Waals surface area contributed by atoms with E-state index < -0.39 is 0 Å². The van der Waals surface area contributed by atoms with Crippen LogP contribution in [0.5, 0.6) is 0 Å². The van der Waals surface area contributed by atoms with Crippen LogP contribution in [0.15, 0.2) is 42.5 Å². The number of hydrogen-bond donors (Lipinski definition) is 0. The van der Waals surface area contributed by atoms with Crippen molar-refractivity contribution in [2.75, 3.05) is 0 Å². The molecule has 0 bridgehead atoms. The Hall–Kier alpha value is -0.570. The van der Waals surface area contributed by atoms with E-state index in [0.717, 1.165) is 5.57 Å². The molecule has 0 aliphatic rings. The van der Waals surface area contributed by atoms with Gasteiger partial charge in [-0.3, -0.25) is 0 Å². The lowest BCUT2D eigenvalue weighted by Gasteiger charge is -1.96. The van der Waals surface area contributed by atoms with E-state index in [0.29, 0.717) is 0 Å². The molecule has 12 heavy (non-hydrogen) atoms. The van der Waals surface area contributed by atoms with Crippen molar-refractivity contribution in [3.05, 3.63) is 51.6 Å². The van der Waals surface area contributed by atoms with Crippen LogP contribution in [0.2, 0.25) is 0 Å². The quantitative estimate of drug-likeness (QED) is 0.565. The van der Waals surface area contributed by atoms with E-state index in [4.69, 9.17) is 0 Å². The fourth-order valence-electron chi connectivity index (χ4n) is 0.842. The van der Waals surface area contributed by atoms with Crippen molar-refractivity contribution in [3.63, 3.8) is 0 Å². The minimum absolute atomic E-state index is 1.08. The molecule has 0 nitrogen and oxygen atoms in total. The molecule has 0 aromatic heterocycles. The van der Waals surface area contributed by atoms with E-state index >= 15 is 0 Å². The van der Waals surface area contributed by atoms with Crippen LogP contribution < -0.4 is 0 Å². The van der Waals surface area contributed by atoms with Crippen LogP contribution in [0.3, 0.4) is 0 Å². The minimum Gasteiger partial charge on any atom is -0.0961 e. The molecule has 0 spiro atoms. The zero-order chi connectivity index (χ0) is 8.97. The van der Waals surface area contributed by atoms with Crippen molar-refractivity contribution in [2.45, 2.75) is 6.92 Å². The molecule has 0 N–H and O–H groups in total. The highest BCUT2D eigenvalue weighted by Crippen LogP contribution is 2.13. The third-order valence-corrected chi connectivity index (χ3v) is 2.44. The summed E-state index contributed by atoms with van der Waals surface area (Å²) < 4.78 is 1.27. The zero-order valence-corrected chi connectivity index (χ0v) is 9.21. The maximum atomic E-state index is 3.81. The Morgan fingerprint density at radius 3 is 2.67 bits per heavy atom. The summed E-state index contributed by atoms with van der Waals surface area (Å²) in [5.41, 5.74) is 2.33. The molecule has 62 valence electrons. The maximum absolute atomic E-state index is 3.81. The van der Waals surface area contributed by atoms with Crippen LogP contribution in [-0.4, -0.2) is 0 Å². The number of allylic oxidation sites excluding steroid dienone is 2. The molecule has 0 aliphatic carbocycles. The van der Waals surface area contributed by atoms with Crippen molar-refractivity contribution in [1.82, 2.24) is 0 Å². The van der Waals surface area contributed by atoms with Crippen LogP contribution in [0, 0.1) is 3.57 Å². The van der Waals surface area contributed by atoms with Gasteiger partial charge in [0.05, 0.1) is 0 Å². The smallest absolute Gasteiger partial charge is 0.0202 e. The lowest BCUT2D eigenvalue weighted by Crippen LogP contribution is -1.76.